The smallest absolute Gasteiger partial charge is 0.0594 e. The predicted molar refractivity (Wildman–Crippen MR) is 79.5 cm³/mol. The molecule has 1 aromatic heterocycles. The third kappa shape index (κ3) is 3.78. The van der Waals surface area contributed by atoms with Crippen LogP contribution in [0, 0.1) is 0 Å². The van der Waals surface area contributed by atoms with Gasteiger partial charge in [-0.05, 0) is 31.5 Å². The molecular weight excluding hydrogens is 250 g/mol. The molecule has 110 valence electrons. The van der Waals surface area contributed by atoms with Crippen molar-refractivity contribution in [1.29, 1.82) is 0 Å². The lowest BCUT2D eigenvalue weighted by Crippen LogP contribution is -2.49. The number of rotatable bonds is 4. The molecule has 2 aliphatic heterocycles. The number of ether oxygens (including phenoxy) is 1. The standard InChI is InChI=1S/C16H25N3O/c1-3-7-17-15(5-1)13-19-8-4-2-6-16(19)14-18-9-11-20-12-10-18/h1,3,5,7,16H,2,4,6,8-14H2. The Morgan fingerprint density at radius 1 is 1.15 bits per heavy atom. The molecule has 2 aliphatic rings. The van der Waals surface area contributed by atoms with E-state index in [1.807, 2.05) is 12.3 Å². The van der Waals surface area contributed by atoms with Crippen molar-refractivity contribution in [2.45, 2.75) is 31.8 Å². The van der Waals surface area contributed by atoms with Crippen LogP contribution in [-0.4, -0.2) is 60.2 Å². The summed E-state index contributed by atoms with van der Waals surface area (Å²) in [6.45, 7) is 7.37. The molecule has 2 saturated heterocycles. The van der Waals surface area contributed by atoms with Crippen LogP contribution >= 0.6 is 0 Å². The summed E-state index contributed by atoms with van der Waals surface area (Å²) in [4.78, 5) is 9.67. The van der Waals surface area contributed by atoms with Crippen LogP contribution in [0.4, 0.5) is 0 Å². The van der Waals surface area contributed by atoms with E-state index in [1.165, 1.54) is 38.0 Å². The van der Waals surface area contributed by atoms with E-state index in [-0.39, 0.29) is 0 Å². The molecule has 0 bridgehead atoms. The van der Waals surface area contributed by atoms with E-state index in [1.54, 1.807) is 0 Å². The quantitative estimate of drug-likeness (QED) is 0.837. The van der Waals surface area contributed by atoms with Crippen LogP contribution in [-0.2, 0) is 11.3 Å². The number of morpholine rings is 1. The fourth-order valence-electron chi connectivity index (χ4n) is 3.26. The van der Waals surface area contributed by atoms with Crippen LogP contribution in [0.25, 0.3) is 0 Å². The first-order valence-corrected chi connectivity index (χ1v) is 7.86. The Labute approximate surface area is 121 Å². The second kappa shape index (κ2) is 7.16. The number of hydrogen-bond acceptors (Lipinski definition) is 4. The molecule has 0 N–H and O–H groups in total. The first-order valence-electron chi connectivity index (χ1n) is 7.86. The highest BCUT2D eigenvalue weighted by Gasteiger charge is 2.25. The van der Waals surface area contributed by atoms with Crippen molar-refractivity contribution in [3.63, 3.8) is 0 Å². The largest absolute Gasteiger partial charge is 0.379 e. The lowest BCUT2D eigenvalue weighted by atomic mass is 10.0. The molecule has 0 amide bonds. The van der Waals surface area contributed by atoms with Crippen LogP contribution in [0.1, 0.15) is 25.0 Å². The minimum absolute atomic E-state index is 0.684. The van der Waals surface area contributed by atoms with E-state index < -0.39 is 0 Å². The van der Waals surface area contributed by atoms with Crippen molar-refractivity contribution in [2.75, 3.05) is 39.4 Å². The lowest BCUT2D eigenvalue weighted by molar-refractivity contribution is 0.0151. The van der Waals surface area contributed by atoms with Crippen molar-refractivity contribution in [3.8, 4) is 0 Å². The van der Waals surface area contributed by atoms with E-state index in [0.29, 0.717) is 6.04 Å². The first-order chi connectivity index (χ1) is 9.92. The molecule has 0 radical (unpaired) electrons. The molecule has 1 atom stereocenters. The monoisotopic (exact) mass is 275 g/mol. The first kappa shape index (κ1) is 14.0. The number of likely N-dealkylation sites (tertiary alicyclic amines) is 1. The van der Waals surface area contributed by atoms with Gasteiger partial charge in [-0.2, -0.15) is 0 Å². The molecule has 1 unspecified atom stereocenters. The average molecular weight is 275 g/mol. The van der Waals surface area contributed by atoms with E-state index in [4.69, 9.17) is 4.74 Å². The van der Waals surface area contributed by atoms with Gasteiger partial charge >= 0.3 is 0 Å². The van der Waals surface area contributed by atoms with E-state index in [2.05, 4.69) is 26.9 Å². The summed E-state index contributed by atoms with van der Waals surface area (Å²) in [6.07, 6.45) is 5.92. The summed E-state index contributed by atoms with van der Waals surface area (Å²) in [5.41, 5.74) is 1.20. The second-order valence-electron chi connectivity index (χ2n) is 5.85. The van der Waals surface area contributed by atoms with Gasteiger partial charge in [0.05, 0.1) is 18.9 Å². The normalized spacial score (nSPS) is 25.7. The van der Waals surface area contributed by atoms with Crippen LogP contribution in [0.5, 0.6) is 0 Å². The fourth-order valence-corrected chi connectivity index (χ4v) is 3.26. The fraction of sp³-hybridized carbons (Fsp3) is 0.688. The van der Waals surface area contributed by atoms with Gasteiger partial charge in [-0.25, -0.2) is 0 Å². The Bertz CT molecular complexity index is 392. The molecule has 0 aromatic carbocycles. The molecule has 3 heterocycles. The minimum Gasteiger partial charge on any atom is -0.379 e. The van der Waals surface area contributed by atoms with Crippen molar-refractivity contribution < 1.29 is 4.74 Å². The Morgan fingerprint density at radius 3 is 2.85 bits per heavy atom. The van der Waals surface area contributed by atoms with E-state index >= 15 is 0 Å². The zero-order valence-electron chi connectivity index (χ0n) is 12.2. The van der Waals surface area contributed by atoms with Gasteiger partial charge in [-0.15, -0.1) is 0 Å². The molecule has 0 saturated carbocycles. The average Bonchev–Trinajstić information content (AvgIpc) is 2.51. The predicted octanol–water partition coefficient (Wildman–Crippen LogP) is 1.77. The van der Waals surface area contributed by atoms with Gasteiger partial charge in [-0.1, -0.05) is 12.5 Å². The highest BCUT2D eigenvalue weighted by molar-refractivity contribution is 5.04. The van der Waals surface area contributed by atoms with Crippen LogP contribution in [0.3, 0.4) is 0 Å². The minimum atomic E-state index is 0.684. The SMILES string of the molecule is c1ccc(CN2CCCCC2CN2CCOCC2)nc1. The Morgan fingerprint density at radius 2 is 2.05 bits per heavy atom. The summed E-state index contributed by atoms with van der Waals surface area (Å²) in [6, 6.07) is 6.90. The maximum Gasteiger partial charge on any atom is 0.0594 e. The lowest BCUT2D eigenvalue weighted by Gasteiger charge is -2.39. The van der Waals surface area contributed by atoms with Crippen LogP contribution in [0.15, 0.2) is 24.4 Å². The summed E-state index contributed by atoms with van der Waals surface area (Å²) >= 11 is 0. The Kier molecular flexibility index (Phi) is 5.01. The van der Waals surface area contributed by atoms with Gasteiger partial charge < -0.3 is 4.74 Å². The molecule has 2 fully saturated rings. The third-order valence-electron chi connectivity index (χ3n) is 4.41. The molecule has 1 aromatic rings. The van der Waals surface area contributed by atoms with Crippen LogP contribution < -0.4 is 0 Å². The number of hydrogen-bond donors (Lipinski definition) is 0. The van der Waals surface area contributed by atoms with Gasteiger partial charge in [0.25, 0.3) is 0 Å². The highest BCUT2D eigenvalue weighted by Crippen LogP contribution is 2.20. The summed E-state index contributed by atoms with van der Waals surface area (Å²) < 4.78 is 5.45. The van der Waals surface area contributed by atoms with Crippen molar-refractivity contribution in [2.24, 2.45) is 0 Å². The number of nitrogens with zero attached hydrogens (tertiary/aromatic N) is 3. The van der Waals surface area contributed by atoms with Gasteiger partial charge in [0.2, 0.25) is 0 Å². The molecule has 20 heavy (non-hydrogen) atoms. The molecular formula is C16H25N3O. The van der Waals surface area contributed by atoms with Crippen LogP contribution in [0.2, 0.25) is 0 Å². The van der Waals surface area contributed by atoms with E-state index in [0.717, 1.165) is 32.8 Å². The number of aromatic nitrogens is 1. The zero-order valence-corrected chi connectivity index (χ0v) is 12.2. The molecule has 4 heteroatoms. The topological polar surface area (TPSA) is 28.6 Å². The molecule has 0 spiro atoms. The van der Waals surface area contributed by atoms with Crippen molar-refractivity contribution in [3.05, 3.63) is 30.1 Å². The van der Waals surface area contributed by atoms with Crippen molar-refractivity contribution >= 4 is 0 Å². The Hall–Kier alpha value is -0.970. The van der Waals surface area contributed by atoms with E-state index in [9.17, 15) is 0 Å². The summed E-state index contributed by atoms with van der Waals surface area (Å²) in [5, 5.41) is 0. The van der Waals surface area contributed by atoms with Gasteiger partial charge in [-0.3, -0.25) is 14.8 Å². The molecule has 0 aliphatic carbocycles. The molecule has 4 nitrogen and oxygen atoms in total. The van der Waals surface area contributed by atoms with Gasteiger partial charge in [0.1, 0.15) is 0 Å². The third-order valence-corrected chi connectivity index (χ3v) is 4.41. The maximum absolute atomic E-state index is 5.45. The Balaban J connectivity index is 1.58. The molecule has 3 rings (SSSR count). The summed E-state index contributed by atoms with van der Waals surface area (Å²) in [7, 11) is 0. The van der Waals surface area contributed by atoms with Gasteiger partial charge in [0, 0.05) is 38.4 Å². The highest BCUT2D eigenvalue weighted by atomic mass is 16.5. The second-order valence-corrected chi connectivity index (χ2v) is 5.85. The number of pyridine rings is 1. The van der Waals surface area contributed by atoms with Gasteiger partial charge in [0.15, 0.2) is 0 Å². The zero-order chi connectivity index (χ0) is 13.6. The van der Waals surface area contributed by atoms with Crippen molar-refractivity contribution in [1.82, 2.24) is 14.8 Å². The number of piperidine rings is 1. The summed E-state index contributed by atoms with van der Waals surface area (Å²) in [5.74, 6) is 0. The maximum atomic E-state index is 5.45.